The fourth-order valence-corrected chi connectivity index (χ4v) is 3.27. The molecule has 0 aromatic heterocycles. The number of likely N-dealkylation sites (tertiary alicyclic amines) is 1. The number of rotatable bonds is 6. The maximum absolute atomic E-state index is 12.4. The minimum atomic E-state index is -1.62. The molecule has 7 heteroatoms. The molecule has 0 aliphatic carbocycles. The number of nitrogens with zero attached hydrogens (tertiary/aromatic N) is 1. The van der Waals surface area contributed by atoms with Gasteiger partial charge in [-0.05, 0) is 44.1 Å². The molecule has 1 aromatic carbocycles. The minimum absolute atomic E-state index is 0.230. The van der Waals surface area contributed by atoms with Gasteiger partial charge in [-0.15, -0.1) is 0 Å². The zero-order valence-corrected chi connectivity index (χ0v) is 13.8. The Kier molecular flexibility index (Phi) is 5.93. The van der Waals surface area contributed by atoms with Gasteiger partial charge in [-0.2, -0.15) is 0 Å². The summed E-state index contributed by atoms with van der Waals surface area (Å²) in [5, 5.41) is 8.32. The Morgan fingerprint density at radius 3 is 2.95 bits per heavy atom. The fraction of sp³-hybridized carbons (Fsp3) is 0.533. The molecule has 0 saturated carbocycles. The minimum Gasteiger partial charge on any atom is -0.496 e. The summed E-state index contributed by atoms with van der Waals surface area (Å²) >= 11 is 0. The van der Waals surface area contributed by atoms with E-state index in [4.69, 9.17) is 9.88 Å². The summed E-state index contributed by atoms with van der Waals surface area (Å²) in [5.74, 6) is 0.220. The highest BCUT2D eigenvalue weighted by molar-refractivity contribution is 7.82. The van der Waals surface area contributed by atoms with Crippen molar-refractivity contribution in [2.75, 3.05) is 26.7 Å². The maximum Gasteiger partial charge on any atom is 0.255 e. The Hall–Kier alpha value is -1.44. The van der Waals surface area contributed by atoms with Crippen molar-refractivity contribution in [1.29, 1.82) is 0 Å². The van der Waals surface area contributed by atoms with Crippen LogP contribution in [0.2, 0.25) is 0 Å². The number of likely N-dealkylation sites (N-methyl/N-ethyl adjacent to an activating group) is 1. The Labute approximate surface area is 133 Å². The number of hydrogen-bond acceptors (Lipinski definition) is 4. The van der Waals surface area contributed by atoms with Crippen molar-refractivity contribution < 1.29 is 13.7 Å². The third kappa shape index (κ3) is 3.85. The zero-order valence-electron chi connectivity index (χ0n) is 13.0. The van der Waals surface area contributed by atoms with Gasteiger partial charge < -0.3 is 10.1 Å². The molecule has 0 radical (unpaired) electrons. The van der Waals surface area contributed by atoms with Crippen LogP contribution in [0.5, 0.6) is 5.75 Å². The first kappa shape index (κ1) is 16.9. The van der Waals surface area contributed by atoms with Crippen molar-refractivity contribution in [3.8, 4) is 5.75 Å². The summed E-state index contributed by atoms with van der Waals surface area (Å²) < 4.78 is 16.6. The van der Waals surface area contributed by atoms with Crippen LogP contribution in [0.25, 0.3) is 0 Å². The van der Waals surface area contributed by atoms with Crippen LogP contribution in [0.1, 0.15) is 30.1 Å². The highest BCUT2D eigenvalue weighted by Gasteiger charge is 2.24. The molecule has 2 rings (SSSR count). The van der Waals surface area contributed by atoms with Crippen LogP contribution in [0.3, 0.4) is 0 Å². The summed E-state index contributed by atoms with van der Waals surface area (Å²) in [7, 11) is -0.122. The number of carbonyl (C=O) groups is 1. The Bertz CT molecular complexity index is 565. The number of carbonyl (C=O) groups excluding carboxylic acids is 1. The van der Waals surface area contributed by atoms with Crippen molar-refractivity contribution in [3.63, 3.8) is 0 Å². The summed E-state index contributed by atoms with van der Waals surface area (Å²) in [4.78, 5) is 15.2. The van der Waals surface area contributed by atoms with E-state index in [2.05, 4.69) is 17.1 Å². The first-order valence-corrected chi connectivity index (χ1v) is 8.64. The summed E-state index contributed by atoms with van der Waals surface area (Å²) in [6.45, 7) is 4.81. The molecular formula is C15H23N3O3S. The molecule has 1 aromatic rings. The SMILES string of the molecule is CCN1CCCC1CNC(=O)c1cc(S(N)=O)ccc1OC. The smallest absolute Gasteiger partial charge is 0.255 e. The molecule has 6 nitrogen and oxygen atoms in total. The van der Waals surface area contributed by atoms with Gasteiger partial charge in [0.25, 0.3) is 5.91 Å². The molecule has 1 amide bonds. The van der Waals surface area contributed by atoms with E-state index in [9.17, 15) is 9.00 Å². The molecule has 22 heavy (non-hydrogen) atoms. The van der Waals surface area contributed by atoms with Gasteiger partial charge in [0.2, 0.25) is 0 Å². The van der Waals surface area contributed by atoms with Crippen molar-refractivity contribution in [1.82, 2.24) is 10.2 Å². The van der Waals surface area contributed by atoms with Gasteiger partial charge in [-0.25, -0.2) is 9.35 Å². The Morgan fingerprint density at radius 2 is 2.32 bits per heavy atom. The molecule has 0 bridgehead atoms. The van der Waals surface area contributed by atoms with Gasteiger partial charge in [-0.3, -0.25) is 9.69 Å². The lowest BCUT2D eigenvalue weighted by Gasteiger charge is -2.23. The quantitative estimate of drug-likeness (QED) is 0.813. The van der Waals surface area contributed by atoms with E-state index in [0.717, 1.165) is 19.5 Å². The van der Waals surface area contributed by atoms with Crippen LogP contribution in [0, 0.1) is 0 Å². The second-order valence-corrected chi connectivity index (χ2v) is 6.36. The molecule has 0 spiro atoms. The number of ether oxygens (including phenoxy) is 1. The molecule has 1 saturated heterocycles. The summed E-state index contributed by atoms with van der Waals surface area (Å²) in [6.07, 6.45) is 2.26. The Balaban J connectivity index is 2.08. The molecule has 3 N–H and O–H groups in total. The molecule has 2 atom stereocenters. The monoisotopic (exact) mass is 325 g/mol. The predicted molar refractivity (Wildman–Crippen MR) is 86.2 cm³/mol. The van der Waals surface area contributed by atoms with Gasteiger partial charge in [0.15, 0.2) is 0 Å². The van der Waals surface area contributed by atoms with Gasteiger partial charge in [-0.1, -0.05) is 6.92 Å². The lowest BCUT2D eigenvalue weighted by Crippen LogP contribution is -2.40. The number of hydrogen-bond donors (Lipinski definition) is 2. The highest BCUT2D eigenvalue weighted by Crippen LogP contribution is 2.21. The number of nitrogens with one attached hydrogen (secondary N) is 1. The van der Waals surface area contributed by atoms with Crippen molar-refractivity contribution >= 4 is 16.9 Å². The molecular weight excluding hydrogens is 302 g/mol. The third-order valence-corrected chi connectivity index (χ3v) is 4.77. The molecule has 2 unspecified atom stereocenters. The van der Waals surface area contributed by atoms with E-state index < -0.39 is 11.0 Å². The molecule has 1 aliphatic heterocycles. The first-order valence-electron chi connectivity index (χ1n) is 7.43. The van der Waals surface area contributed by atoms with E-state index >= 15 is 0 Å². The maximum atomic E-state index is 12.4. The lowest BCUT2D eigenvalue weighted by molar-refractivity contribution is 0.0938. The topological polar surface area (TPSA) is 84.7 Å². The van der Waals surface area contributed by atoms with Crippen LogP contribution in [0.15, 0.2) is 23.1 Å². The second kappa shape index (κ2) is 7.71. The van der Waals surface area contributed by atoms with Crippen molar-refractivity contribution in [2.24, 2.45) is 5.14 Å². The predicted octanol–water partition coefficient (Wildman–Crippen LogP) is 0.891. The Morgan fingerprint density at radius 1 is 1.55 bits per heavy atom. The van der Waals surface area contributed by atoms with Crippen LogP contribution in [-0.2, 0) is 11.0 Å². The number of amides is 1. The lowest BCUT2D eigenvalue weighted by atomic mass is 10.1. The summed E-state index contributed by atoms with van der Waals surface area (Å²) in [5.41, 5.74) is 0.361. The summed E-state index contributed by atoms with van der Waals surface area (Å²) in [6, 6.07) is 5.12. The van der Waals surface area contributed by atoms with E-state index in [1.54, 1.807) is 12.1 Å². The number of nitrogens with two attached hydrogens (primary N) is 1. The normalized spacial score (nSPS) is 19.9. The number of methoxy groups -OCH3 is 1. The number of benzene rings is 1. The average Bonchev–Trinajstić information content (AvgIpc) is 2.99. The first-order chi connectivity index (χ1) is 10.6. The fourth-order valence-electron chi connectivity index (χ4n) is 2.84. The van der Waals surface area contributed by atoms with Crippen LogP contribution in [-0.4, -0.2) is 47.8 Å². The molecule has 1 aliphatic rings. The van der Waals surface area contributed by atoms with Crippen LogP contribution < -0.4 is 15.2 Å². The van der Waals surface area contributed by atoms with E-state index in [1.165, 1.54) is 19.6 Å². The second-order valence-electron chi connectivity index (χ2n) is 5.29. The van der Waals surface area contributed by atoms with Crippen LogP contribution >= 0.6 is 0 Å². The molecule has 122 valence electrons. The van der Waals surface area contributed by atoms with Gasteiger partial charge >= 0.3 is 0 Å². The van der Waals surface area contributed by atoms with Crippen molar-refractivity contribution in [2.45, 2.75) is 30.7 Å². The largest absolute Gasteiger partial charge is 0.496 e. The molecule has 1 heterocycles. The van der Waals surface area contributed by atoms with Gasteiger partial charge in [0, 0.05) is 12.6 Å². The van der Waals surface area contributed by atoms with Crippen molar-refractivity contribution in [3.05, 3.63) is 23.8 Å². The van der Waals surface area contributed by atoms with E-state index in [-0.39, 0.29) is 5.91 Å². The van der Waals surface area contributed by atoms with E-state index in [0.29, 0.717) is 28.8 Å². The van der Waals surface area contributed by atoms with Gasteiger partial charge in [0.05, 0.1) is 17.6 Å². The highest BCUT2D eigenvalue weighted by atomic mass is 32.2. The zero-order chi connectivity index (χ0) is 16.1. The molecule has 1 fully saturated rings. The third-order valence-electron chi connectivity index (χ3n) is 4.05. The average molecular weight is 325 g/mol. The standard InChI is InChI=1S/C15H23N3O3S/c1-3-18-8-4-5-11(18)10-17-15(19)13-9-12(22(16)20)6-7-14(13)21-2/h6-7,9,11H,3-5,8,10,16H2,1-2H3,(H,17,19). The van der Waals surface area contributed by atoms with Gasteiger partial charge in [0.1, 0.15) is 16.7 Å². The van der Waals surface area contributed by atoms with Crippen LogP contribution in [0.4, 0.5) is 0 Å². The van der Waals surface area contributed by atoms with E-state index in [1.807, 2.05) is 0 Å².